The molecule has 0 aliphatic carbocycles. The number of likely N-dealkylation sites (tertiary alicyclic amines) is 2. The van der Waals surface area contributed by atoms with Gasteiger partial charge in [0.15, 0.2) is 0 Å². The lowest BCUT2D eigenvalue weighted by atomic mass is 10.0. The number of carbonyl (C=O) groups is 1. The molecule has 12 heteroatoms. The van der Waals surface area contributed by atoms with Crippen LogP contribution in [-0.2, 0) is 30.5 Å². The topological polar surface area (TPSA) is 85.7 Å². The fraction of sp³-hybridized carbons (Fsp3) is 0.655. The van der Waals surface area contributed by atoms with Crippen LogP contribution in [0.1, 0.15) is 49.4 Å². The Labute approximate surface area is 244 Å². The lowest BCUT2D eigenvalue weighted by Crippen LogP contribution is -2.46. The van der Waals surface area contributed by atoms with E-state index in [0.29, 0.717) is 36.6 Å². The monoisotopic (exact) mass is 594 g/mol. The number of amides is 1. The van der Waals surface area contributed by atoms with E-state index in [2.05, 4.69) is 20.4 Å². The summed E-state index contributed by atoms with van der Waals surface area (Å²) in [6.45, 7) is 8.17. The molecular weight excluding hydrogens is 553 g/mol. The Hall–Kier alpha value is -2.12. The zero-order chi connectivity index (χ0) is 29.0. The summed E-state index contributed by atoms with van der Waals surface area (Å²) < 4.78 is 43.6. The molecule has 2 saturated heterocycles. The predicted molar refractivity (Wildman–Crippen MR) is 154 cm³/mol. The highest BCUT2D eigenvalue weighted by Crippen LogP contribution is 2.40. The number of thioether (sulfide) groups is 1. The molecular formula is C29H41F3N6O2S. The first-order chi connectivity index (χ1) is 19.7. The van der Waals surface area contributed by atoms with Gasteiger partial charge in [0.25, 0.3) is 0 Å². The molecule has 3 aliphatic rings. The van der Waals surface area contributed by atoms with Gasteiger partial charge in [-0.1, -0.05) is 6.07 Å². The van der Waals surface area contributed by atoms with E-state index in [0.717, 1.165) is 82.6 Å². The molecule has 2 aromatic rings. The van der Waals surface area contributed by atoms with Crippen molar-refractivity contribution in [1.82, 2.24) is 30.2 Å². The summed E-state index contributed by atoms with van der Waals surface area (Å²) in [5.41, 5.74) is 2.79. The number of hydrogen-bond donors (Lipinski definition) is 3. The first-order valence-corrected chi connectivity index (χ1v) is 15.7. The molecule has 41 heavy (non-hydrogen) atoms. The van der Waals surface area contributed by atoms with Crippen LogP contribution >= 0.6 is 11.8 Å². The fourth-order valence-electron chi connectivity index (χ4n) is 6.22. The average Bonchev–Trinajstić information content (AvgIpc) is 3.57. The van der Waals surface area contributed by atoms with E-state index in [-0.39, 0.29) is 16.8 Å². The van der Waals surface area contributed by atoms with Gasteiger partial charge in [0.2, 0.25) is 5.91 Å². The number of alkyl halides is 3. The van der Waals surface area contributed by atoms with Gasteiger partial charge in [-0.15, -0.1) is 11.8 Å². The molecule has 2 fully saturated rings. The Morgan fingerprint density at radius 3 is 2.63 bits per heavy atom. The van der Waals surface area contributed by atoms with E-state index < -0.39 is 17.8 Å². The molecule has 1 atom stereocenters. The summed E-state index contributed by atoms with van der Waals surface area (Å²) in [6, 6.07) is 4.55. The number of halogens is 3. The van der Waals surface area contributed by atoms with Crippen molar-refractivity contribution in [3.05, 3.63) is 35.0 Å². The summed E-state index contributed by atoms with van der Waals surface area (Å²) in [5, 5.41) is 22.2. The minimum absolute atomic E-state index is 0.0157. The Morgan fingerprint density at radius 1 is 1.17 bits per heavy atom. The Morgan fingerprint density at radius 2 is 1.93 bits per heavy atom. The minimum Gasteiger partial charge on any atom is -0.390 e. The van der Waals surface area contributed by atoms with Crippen molar-refractivity contribution in [2.75, 3.05) is 51.6 Å². The highest BCUT2D eigenvalue weighted by atomic mass is 32.2. The van der Waals surface area contributed by atoms with E-state index >= 15 is 0 Å². The molecule has 0 unspecified atom stereocenters. The number of nitrogens with zero attached hydrogens (tertiary/aromatic N) is 4. The first kappa shape index (κ1) is 30.3. The summed E-state index contributed by atoms with van der Waals surface area (Å²) in [7, 11) is 0. The molecule has 1 aromatic heterocycles. The summed E-state index contributed by atoms with van der Waals surface area (Å²) in [4.78, 5) is 16.1. The fourth-order valence-corrected chi connectivity index (χ4v) is 7.34. The van der Waals surface area contributed by atoms with Gasteiger partial charge in [0.05, 0.1) is 23.9 Å². The van der Waals surface area contributed by atoms with Crippen LogP contribution in [0.3, 0.4) is 0 Å². The number of rotatable bonds is 10. The van der Waals surface area contributed by atoms with Gasteiger partial charge in [0.1, 0.15) is 0 Å². The van der Waals surface area contributed by atoms with Crippen molar-refractivity contribution in [3.8, 4) is 11.3 Å². The highest BCUT2D eigenvalue weighted by molar-refractivity contribution is 7.99. The van der Waals surface area contributed by atoms with Crippen LogP contribution in [0.25, 0.3) is 11.3 Å². The number of aliphatic hydroxyl groups excluding tert-OH is 1. The number of carbonyl (C=O) groups excluding carboxylic acids is 1. The van der Waals surface area contributed by atoms with Crippen molar-refractivity contribution in [1.29, 1.82) is 0 Å². The summed E-state index contributed by atoms with van der Waals surface area (Å²) >= 11 is 1.27. The van der Waals surface area contributed by atoms with E-state index in [1.54, 1.807) is 6.07 Å². The minimum atomic E-state index is -4.42. The van der Waals surface area contributed by atoms with Gasteiger partial charge in [-0.3, -0.25) is 9.48 Å². The third kappa shape index (κ3) is 7.84. The van der Waals surface area contributed by atoms with Gasteiger partial charge >= 0.3 is 6.18 Å². The number of fused-ring (bicyclic) bond motifs is 1. The number of nitrogens with one attached hydrogen (secondary N) is 2. The van der Waals surface area contributed by atoms with Crippen LogP contribution < -0.4 is 10.6 Å². The van der Waals surface area contributed by atoms with Crippen molar-refractivity contribution >= 4 is 17.7 Å². The maximum atomic E-state index is 13.9. The van der Waals surface area contributed by atoms with Crippen molar-refractivity contribution in [2.45, 2.75) is 75.3 Å². The average molecular weight is 595 g/mol. The van der Waals surface area contributed by atoms with Crippen molar-refractivity contribution < 1.29 is 23.1 Å². The van der Waals surface area contributed by atoms with E-state index in [4.69, 9.17) is 5.10 Å². The number of aliphatic hydroxyl groups is 1. The van der Waals surface area contributed by atoms with E-state index in [1.165, 1.54) is 30.8 Å². The smallest absolute Gasteiger partial charge is 0.390 e. The van der Waals surface area contributed by atoms with Gasteiger partial charge in [-0.05, 0) is 50.9 Å². The normalized spacial score (nSPS) is 19.8. The summed E-state index contributed by atoms with van der Waals surface area (Å²) in [6.07, 6.45) is -0.297. The molecule has 3 aliphatic heterocycles. The number of benzene rings is 1. The molecule has 5 rings (SSSR count). The maximum Gasteiger partial charge on any atom is 0.417 e. The molecule has 8 nitrogen and oxygen atoms in total. The standard InChI is InChI=1S/C29H41F3N6O2S/c1-20(39)34-22-7-12-37(13-8-22)18-23(40)19-38-26-6-9-33-17-24(26)28(35-38)21-4-5-25(29(30,31)32)27(16-21)41-15-14-36-10-2-3-11-36/h4-5,16,22-23,33,40H,2-3,6-15,17-19H2,1H3,(H,34,39)/t23-/m0/s1. The number of aromatic nitrogens is 2. The number of hydrogen-bond acceptors (Lipinski definition) is 7. The zero-order valence-corrected chi connectivity index (χ0v) is 24.5. The second-order valence-corrected chi connectivity index (χ2v) is 12.6. The Bertz CT molecular complexity index is 1190. The SMILES string of the molecule is CC(=O)NC1CCN(C[C@H](O)Cn2nc(-c3ccc(C(F)(F)F)c(SCCN4CCCC4)c3)c3c2CCNC3)CC1. The van der Waals surface area contributed by atoms with Crippen LogP contribution in [0.4, 0.5) is 13.2 Å². The summed E-state index contributed by atoms with van der Waals surface area (Å²) in [5.74, 6) is 0.590. The molecule has 4 heterocycles. The van der Waals surface area contributed by atoms with Crippen LogP contribution in [0.15, 0.2) is 23.1 Å². The molecule has 1 amide bonds. The first-order valence-electron chi connectivity index (χ1n) is 14.7. The van der Waals surface area contributed by atoms with Crippen molar-refractivity contribution in [2.24, 2.45) is 0 Å². The molecule has 0 radical (unpaired) electrons. The van der Waals surface area contributed by atoms with Gasteiger partial charge in [-0.2, -0.15) is 18.3 Å². The van der Waals surface area contributed by atoms with Crippen LogP contribution in [0.5, 0.6) is 0 Å². The molecule has 1 aromatic carbocycles. The highest BCUT2D eigenvalue weighted by Gasteiger charge is 2.34. The van der Waals surface area contributed by atoms with Crippen LogP contribution in [-0.4, -0.2) is 94.3 Å². The Kier molecular flexibility index (Phi) is 9.96. The van der Waals surface area contributed by atoms with Gasteiger partial charge in [0, 0.05) is 86.1 Å². The lowest BCUT2D eigenvalue weighted by molar-refractivity contribution is -0.139. The second-order valence-electron chi connectivity index (χ2n) is 11.4. The van der Waals surface area contributed by atoms with Crippen LogP contribution in [0, 0.1) is 0 Å². The van der Waals surface area contributed by atoms with Crippen molar-refractivity contribution in [3.63, 3.8) is 0 Å². The number of β-amino-alcohol motifs (C(OH)–C–C–N with tert-alkyl or cyclic N) is 1. The molecule has 3 N–H and O–H groups in total. The number of piperidine rings is 1. The third-order valence-electron chi connectivity index (χ3n) is 8.28. The molecule has 226 valence electrons. The molecule has 0 saturated carbocycles. The van der Waals surface area contributed by atoms with E-state index in [1.807, 2.05) is 4.68 Å². The van der Waals surface area contributed by atoms with Gasteiger partial charge in [-0.25, -0.2) is 0 Å². The maximum absolute atomic E-state index is 13.9. The van der Waals surface area contributed by atoms with Crippen LogP contribution in [0.2, 0.25) is 0 Å². The van der Waals surface area contributed by atoms with Gasteiger partial charge < -0.3 is 25.5 Å². The predicted octanol–water partition coefficient (Wildman–Crippen LogP) is 3.36. The van der Waals surface area contributed by atoms with E-state index in [9.17, 15) is 23.1 Å². The zero-order valence-electron chi connectivity index (χ0n) is 23.7. The Balaban J connectivity index is 1.30. The third-order valence-corrected chi connectivity index (χ3v) is 9.31. The second kappa shape index (κ2) is 13.5. The quantitative estimate of drug-likeness (QED) is 0.364. The molecule has 0 spiro atoms. The lowest BCUT2D eigenvalue weighted by Gasteiger charge is -2.33. The largest absolute Gasteiger partial charge is 0.417 e. The molecule has 0 bridgehead atoms.